The van der Waals surface area contributed by atoms with E-state index in [1.54, 1.807) is 24.2 Å². The van der Waals surface area contributed by atoms with Crippen LogP contribution in [0.2, 0.25) is 0 Å². The monoisotopic (exact) mass is 385 g/mol. The lowest BCUT2D eigenvalue weighted by Crippen LogP contribution is -2.46. The molecule has 0 fully saturated rings. The molecule has 1 N–H and O–H groups in total. The van der Waals surface area contributed by atoms with Crippen molar-refractivity contribution in [2.45, 2.75) is 18.4 Å². The number of nitrogens with zero attached hydrogens (tertiary/aromatic N) is 2. The van der Waals surface area contributed by atoms with E-state index in [1.165, 1.54) is 0 Å². The van der Waals surface area contributed by atoms with Crippen LogP contribution in [0.3, 0.4) is 0 Å². The van der Waals surface area contributed by atoms with Gasteiger partial charge in [-0.1, -0.05) is 54.6 Å². The van der Waals surface area contributed by atoms with Crippen LogP contribution in [0.15, 0.2) is 79.0 Å². The SMILES string of the molecule is CN1C(=O)c2ccccc2[C@H](C(=O)NCCc2ccccn2)[C@@H]1c1ccccc1. The van der Waals surface area contributed by atoms with Crippen LogP contribution in [0.4, 0.5) is 0 Å². The van der Waals surface area contributed by atoms with Crippen LogP contribution in [-0.2, 0) is 11.2 Å². The molecule has 5 nitrogen and oxygen atoms in total. The van der Waals surface area contributed by atoms with Gasteiger partial charge in [0.1, 0.15) is 0 Å². The molecule has 29 heavy (non-hydrogen) atoms. The molecule has 1 aromatic heterocycles. The first-order chi connectivity index (χ1) is 14.2. The van der Waals surface area contributed by atoms with Crippen molar-refractivity contribution in [2.75, 3.05) is 13.6 Å². The molecule has 2 atom stereocenters. The number of likely N-dealkylation sites (N-methyl/N-ethyl adjacent to an activating group) is 1. The van der Waals surface area contributed by atoms with Gasteiger partial charge >= 0.3 is 0 Å². The third-order valence-electron chi connectivity index (χ3n) is 5.41. The van der Waals surface area contributed by atoms with Gasteiger partial charge in [0, 0.05) is 37.5 Å². The Bertz CT molecular complexity index is 1000. The summed E-state index contributed by atoms with van der Waals surface area (Å²) in [6, 6.07) is 22.5. The molecule has 4 rings (SSSR count). The van der Waals surface area contributed by atoms with Crippen molar-refractivity contribution in [3.8, 4) is 0 Å². The van der Waals surface area contributed by atoms with Crippen LogP contribution in [0.25, 0.3) is 0 Å². The molecule has 3 aromatic rings. The lowest BCUT2D eigenvalue weighted by molar-refractivity contribution is -0.124. The molecule has 5 heteroatoms. The van der Waals surface area contributed by atoms with E-state index in [4.69, 9.17) is 0 Å². The summed E-state index contributed by atoms with van der Waals surface area (Å²) < 4.78 is 0. The highest BCUT2D eigenvalue weighted by Crippen LogP contribution is 2.41. The molecule has 0 unspecified atom stereocenters. The Morgan fingerprint density at radius 1 is 1.00 bits per heavy atom. The normalized spacial score (nSPS) is 18.2. The number of rotatable bonds is 5. The Morgan fingerprint density at radius 2 is 1.72 bits per heavy atom. The van der Waals surface area contributed by atoms with Crippen LogP contribution in [0, 0.1) is 0 Å². The van der Waals surface area contributed by atoms with E-state index in [0.717, 1.165) is 16.8 Å². The maximum atomic E-state index is 13.3. The summed E-state index contributed by atoms with van der Waals surface area (Å²) in [6.45, 7) is 0.494. The minimum Gasteiger partial charge on any atom is -0.355 e. The molecular weight excluding hydrogens is 362 g/mol. The summed E-state index contributed by atoms with van der Waals surface area (Å²) in [5.74, 6) is -0.617. The third kappa shape index (κ3) is 3.76. The largest absolute Gasteiger partial charge is 0.355 e. The quantitative estimate of drug-likeness (QED) is 0.733. The fourth-order valence-corrected chi connectivity index (χ4v) is 3.99. The highest BCUT2D eigenvalue weighted by molar-refractivity contribution is 6.01. The number of benzene rings is 2. The molecule has 0 aliphatic carbocycles. The molecule has 0 radical (unpaired) electrons. The first-order valence-electron chi connectivity index (χ1n) is 9.75. The number of hydrogen-bond acceptors (Lipinski definition) is 3. The molecule has 2 amide bonds. The van der Waals surface area contributed by atoms with Crippen LogP contribution >= 0.6 is 0 Å². The fourth-order valence-electron chi connectivity index (χ4n) is 3.99. The lowest BCUT2D eigenvalue weighted by atomic mass is 9.79. The van der Waals surface area contributed by atoms with Gasteiger partial charge in [-0.25, -0.2) is 0 Å². The standard InChI is InChI=1S/C24H23N3O2/c1-27-22(17-9-3-2-4-10-17)21(19-12-5-6-13-20(19)24(27)29)23(28)26-16-14-18-11-7-8-15-25-18/h2-13,15,21-22H,14,16H2,1H3,(H,26,28)/t21-,22-/m0/s1. The zero-order valence-electron chi connectivity index (χ0n) is 16.3. The Balaban J connectivity index is 1.64. The van der Waals surface area contributed by atoms with Crippen molar-refractivity contribution in [3.05, 3.63) is 101 Å². The summed E-state index contributed by atoms with van der Waals surface area (Å²) in [5, 5.41) is 3.06. The minimum absolute atomic E-state index is 0.0630. The smallest absolute Gasteiger partial charge is 0.254 e. The van der Waals surface area contributed by atoms with Gasteiger partial charge < -0.3 is 10.2 Å². The average molecular weight is 385 g/mol. The van der Waals surface area contributed by atoms with Crippen molar-refractivity contribution in [3.63, 3.8) is 0 Å². The van der Waals surface area contributed by atoms with Crippen LogP contribution in [0.5, 0.6) is 0 Å². The Kier molecular flexibility index (Phi) is 5.38. The van der Waals surface area contributed by atoms with Crippen LogP contribution in [-0.4, -0.2) is 35.3 Å². The van der Waals surface area contributed by atoms with Crippen molar-refractivity contribution in [1.82, 2.24) is 15.2 Å². The van der Waals surface area contributed by atoms with E-state index in [0.29, 0.717) is 18.5 Å². The zero-order chi connectivity index (χ0) is 20.2. The summed E-state index contributed by atoms with van der Waals surface area (Å²) in [5.41, 5.74) is 3.25. The molecule has 1 aliphatic rings. The second kappa shape index (κ2) is 8.27. The number of hydrogen-bond donors (Lipinski definition) is 1. The minimum atomic E-state index is -0.472. The second-order valence-electron chi connectivity index (χ2n) is 7.20. The van der Waals surface area contributed by atoms with E-state index in [1.807, 2.05) is 66.7 Å². The lowest BCUT2D eigenvalue weighted by Gasteiger charge is -2.39. The molecule has 0 saturated carbocycles. The van der Waals surface area contributed by atoms with E-state index in [-0.39, 0.29) is 17.9 Å². The third-order valence-corrected chi connectivity index (χ3v) is 5.41. The molecule has 0 bridgehead atoms. The average Bonchev–Trinajstić information content (AvgIpc) is 2.77. The van der Waals surface area contributed by atoms with Gasteiger partial charge in [0.05, 0.1) is 12.0 Å². The fraction of sp³-hybridized carbons (Fsp3) is 0.208. The Labute approximate surface area is 170 Å². The number of pyridine rings is 1. The molecule has 0 spiro atoms. The van der Waals surface area contributed by atoms with E-state index < -0.39 is 5.92 Å². The van der Waals surface area contributed by atoms with Gasteiger partial charge in [-0.05, 0) is 29.3 Å². The zero-order valence-corrected chi connectivity index (χ0v) is 16.3. The Hall–Kier alpha value is -3.47. The Morgan fingerprint density at radius 3 is 2.48 bits per heavy atom. The van der Waals surface area contributed by atoms with Gasteiger partial charge in [0.2, 0.25) is 5.91 Å². The van der Waals surface area contributed by atoms with Gasteiger partial charge in [-0.3, -0.25) is 14.6 Å². The maximum absolute atomic E-state index is 13.3. The van der Waals surface area contributed by atoms with Crippen molar-refractivity contribution >= 4 is 11.8 Å². The van der Waals surface area contributed by atoms with Crippen molar-refractivity contribution < 1.29 is 9.59 Å². The van der Waals surface area contributed by atoms with E-state index in [9.17, 15) is 9.59 Å². The van der Waals surface area contributed by atoms with Gasteiger partial charge in [0.15, 0.2) is 0 Å². The molecular formula is C24H23N3O2. The van der Waals surface area contributed by atoms with Crippen LogP contribution in [0.1, 0.15) is 39.1 Å². The number of nitrogens with one attached hydrogen (secondary N) is 1. The second-order valence-corrected chi connectivity index (χ2v) is 7.20. The molecule has 2 aromatic carbocycles. The molecule has 2 heterocycles. The molecule has 1 aliphatic heterocycles. The molecule has 0 saturated heterocycles. The topological polar surface area (TPSA) is 62.3 Å². The van der Waals surface area contributed by atoms with Crippen LogP contribution < -0.4 is 5.32 Å². The van der Waals surface area contributed by atoms with Crippen molar-refractivity contribution in [1.29, 1.82) is 0 Å². The maximum Gasteiger partial charge on any atom is 0.254 e. The number of amides is 2. The summed E-state index contributed by atoms with van der Waals surface area (Å²) >= 11 is 0. The summed E-state index contributed by atoms with van der Waals surface area (Å²) in [4.78, 5) is 32.3. The van der Waals surface area contributed by atoms with Gasteiger partial charge in [-0.15, -0.1) is 0 Å². The predicted octanol–water partition coefficient (Wildman–Crippen LogP) is 3.35. The number of carbonyl (C=O) groups is 2. The molecule has 146 valence electrons. The predicted molar refractivity (Wildman–Crippen MR) is 111 cm³/mol. The number of aromatic nitrogens is 1. The van der Waals surface area contributed by atoms with E-state index >= 15 is 0 Å². The summed E-state index contributed by atoms with van der Waals surface area (Å²) in [6.07, 6.45) is 2.41. The first kappa shape index (κ1) is 18.9. The summed E-state index contributed by atoms with van der Waals surface area (Å²) in [7, 11) is 1.77. The first-order valence-corrected chi connectivity index (χ1v) is 9.75. The van der Waals surface area contributed by atoms with Gasteiger partial charge in [-0.2, -0.15) is 0 Å². The highest BCUT2D eigenvalue weighted by Gasteiger charge is 2.42. The van der Waals surface area contributed by atoms with E-state index in [2.05, 4.69) is 10.3 Å². The van der Waals surface area contributed by atoms with Gasteiger partial charge in [0.25, 0.3) is 5.91 Å². The highest BCUT2D eigenvalue weighted by atomic mass is 16.2. The number of carbonyl (C=O) groups excluding carboxylic acids is 2. The van der Waals surface area contributed by atoms with Crippen molar-refractivity contribution in [2.24, 2.45) is 0 Å². The number of fused-ring (bicyclic) bond motifs is 1.